The molecule has 0 bridgehead atoms. The van der Waals surface area contributed by atoms with Crippen LogP contribution in [-0.4, -0.2) is 42.6 Å². The minimum absolute atomic E-state index is 0.329. The molecule has 0 unspecified atom stereocenters. The molecule has 1 heterocycles. The van der Waals surface area contributed by atoms with Crippen LogP contribution < -0.4 is 10.2 Å². The van der Waals surface area contributed by atoms with Gasteiger partial charge in [0.15, 0.2) is 0 Å². The number of rotatable bonds is 7. The van der Waals surface area contributed by atoms with Gasteiger partial charge in [0.25, 0.3) is 5.91 Å². The molecule has 1 N–H and O–H groups in total. The predicted octanol–water partition coefficient (Wildman–Crippen LogP) is 3.51. The molecule has 7 heteroatoms. The Morgan fingerprint density at radius 1 is 1.10 bits per heavy atom. The zero-order valence-corrected chi connectivity index (χ0v) is 17.2. The van der Waals surface area contributed by atoms with E-state index in [1.165, 1.54) is 11.1 Å². The lowest BCUT2D eigenvalue weighted by Crippen LogP contribution is -2.21. The van der Waals surface area contributed by atoms with Crippen molar-refractivity contribution in [1.82, 2.24) is 9.99 Å². The van der Waals surface area contributed by atoms with Crippen LogP contribution in [0.4, 0.5) is 17.2 Å². The van der Waals surface area contributed by atoms with E-state index in [4.69, 9.17) is 6.42 Å². The lowest BCUT2D eigenvalue weighted by atomic mass is 10.1. The summed E-state index contributed by atoms with van der Waals surface area (Å²) < 4.78 is 0. The average molecular weight is 411 g/mol. The third-order valence-electron chi connectivity index (χ3n) is 4.29. The molecule has 0 aliphatic heterocycles. The molecule has 0 spiro atoms. The van der Waals surface area contributed by atoms with E-state index in [1.54, 1.807) is 59.8 Å². The minimum atomic E-state index is -0.391. The number of nitrogens with one attached hydrogen (secondary N) is 1. The van der Waals surface area contributed by atoms with Crippen molar-refractivity contribution in [3.05, 3.63) is 83.6 Å². The summed E-state index contributed by atoms with van der Waals surface area (Å²) in [4.78, 5) is 30.4. The molecule has 7 nitrogen and oxygen atoms in total. The summed E-state index contributed by atoms with van der Waals surface area (Å²) in [5.41, 5.74) is 2.90. The largest absolute Gasteiger partial charge is 0.306 e. The number of para-hydroxylation sites is 1. The lowest BCUT2D eigenvalue weighted by Gasteiger charge is -2.20. The molecule has 31 heavy (non-hydrogen) atoms. The minimum Gasteiger partial charge on any atom is -0.306 e. The molecule has 0 aliphatic carbocycles. The Bertz CT molecular complexity index is 1130. The van der Waals surface area contributed by atoms with Crippen LogP contribution in [0.2, 0.25) is 0 Å². The molecule has 3 aromatic rings. The normalized spacial score (nSPS) is 10.4. The number of anilines is 3. The van der Waals surface area contributed by atoms with Crippen LogP contribution >= 0.6 is 0 Å². The molecule has 0 aliphatic rings. The van der Waals surface area contributed by atoms with Crippen molar-refractivity contribution in [2.75, 3.05) is 24.3 Å². The van der Waals surface area contributed by atoms with Crippen molar-refractivity contribution in [3.63, 3.8) is 0 Å². The van der Waals surface area contributed by atoms with Crippen molar-refractivity contribution in [2.24, 2.45) is 5.10 Å². The highest BCUT2D eigenvalue weighted by atomic mass is 16.2. The first-order valence-electron chi connectivity index (χ1n) is 9.41. The van der Waals surface area contributed by atoms with Crippen LogP contribution in [0.25, 0.3) is 0 Å². The molecular weight excluding hydrogens is 390 g/mol. The van der Waals surface area contributed by atoms with Crippen LogP contribution in [-0.2, 0) is 4.79 Å². The van der Waals surface area contributed by atoms with Crippen LogP contribution in [0, 0.1) is 12.3 Å². The Morgan fingerprint density at radius 3 is 2.45 bits per heavy atom. The van der Waals surface area contributed by atoms with Gasteiger partial charge in [0, 0.05) is 31.5 Å². The number of carbonyl (C=O) groups is 2. The van der Waals surface area contributed by atoms with Gasteiger partial charge in [-0.3, -0.25) is 14.5 Å². The summed E-state index contributed by atoms with van der Waals surface area (Å²) >= 11 is 0. The number of carbonyl (C=O) groups excluding carboxylic acids is 2. The summed E-state index contributed by atoms with van der Waals surface area (Å²) in [6.07, 6.45) is 9.22. The molecule has 0 radical (unpaired) electrons. The van der Waals surface area contributed by atoms with Gasteiger partial charge >= 0.3 is 0 Å². The highest BCUT2D eigenvalue weighted by molar-refractivity contribution is 6.10. The highest BCUT2D eigenvalue weighted by Gasteiger charge is 2.18. The monoisotopic (exact) mass is 411 g/mol. The van der Waals surface area contributed by atoms with Crippen LogP contribution in [0.15, 0.2) is 72.0 Å². The standard InChI is InChI=1S/C24H21N5O2/c1-4-18-11-14-23(25-15-18)27-24(31)21-7-5-6-8-22(21)29(17-30)20-12-9-19(10-13-20)16-26-28(2)3/h1,5-17H,2-3H3,(H,25,27,31). The Hall–Kier alpha value is -4.44. The summed E-state index contributed by atoms with van der Waals surface area (Å²) in [6, 6.07) is 17.4. The first kappa shape index (κ1) is 21.3. The number of aromatic nitrogens is 1. The first-order chi connectivity index (χ1) is 15.0. The van der Waals surface area contributed by atoms with E-state index in [0.29, 0.717) is 34.7 Å². The van der Waals surface area contributed by atoms with Crippen LogP contribution in [0.1, 0.15) is 21.5 Å². The van der Waals surface area contributed by atoms with E-state index in [9.17, 15) is 9.59 Å². The first-order valence-corrected chi connectivity index (χ1v) is 9.41. The van der Waals surface area contributed by atoms with E-state index < -0.39 is 5.91 Å². The maximum absolute atomic E-state index is 12.9. The predicted molar refractivity (Wildman–Crippen MR) is 122 cm³/mol. The van der Waals surface area contributed by atoms with Crippen molar-refractivity contribution in [3.8, 4) is 12.3 Å². The van der Waals surface area contributed by atoms with Crippen molar-refractivity contribution < 1.29 is 9.59 Å². The molecule has 1 aromatic heterocycles. The number of hydrazone groups is 1. The summed E-state index contributed by atoms with van der Waals surface area (Å²) in [6.45, 7) is 0. The maximum Gasteiger partial charge on any atom is 0.258 e. The number of benzene rings is 2. The van der Waals surface area contributed by atoms with E-state index in [2.05, 4.69) is 21.3 Å². The Balaban J connectivity index is 1.87. The quantitative estimate of drug-likeness (QED) is 0.279. The number of pyridine rings is 1. The summed E-state index contributed by atoms with van der Waals surface area (Å²) in [5, 5.41) is 8.61. The van der Waals surface area contributed by atoms with Crippen molar-refractivity contribution in [1.29, 1.82) is 0 Å². The van der Waals surface area contributed by atoms with E-state index >= 15 is 0 Å². The zero-order valence-electron chi connectivity index (χ0n) is 17.2. The average Bonchev–Trinajstić information content (AvgIpc) is 2.80. The molecule has 3 rings (SSSR count). The number of hydrogen-bond acceptors (Lipinski definition) is 5. The second kappa shape index (κ2) is 9.85. The highest BCUT2D eigenvalue weighted by Crippen LogP contribution is 2.28. The SMILES string of the molecule is C#Cc1ccc(NC(=O)c2ccccc2N(C=O)c2ccc(C=NN(C)C)cc2)nc1. The Morgan fingerprint density at radius 2 is 1.84 bits per heavy atom. The third kappa shape index (κ3) is 5.34. The van der Waals surface area contributed by atoms with Gasteiger partial charge in [-0.1, -0.05) is 30.2 Å². The number of terminal acetylenes is 1. The molecule has 2 aromatic carbocycles. The van der Waals surface area contributed by atoms with Gasteiger partial charge in [-0.25, -0.2) is 4.98 Å². The number of nitrogens with zero attached hydrogens (tertiary/aromatic N) is 4. The molecule has 0 atom stereocenters. The molecule has 154 valence electrons. The zero-order chi connectivity index (χ0) is 22.2. The fourth-order valence-electron chi connectivity index (χ4n) is 2.77. The number of amides is 2. The molecule has 0 saturated carbocycles. The fourth-order valence-corrected chi connectivity index (χ4v) is 2.77. The van der Waals surface area contributed by atoms with Crippen molar-refractivity contribution in [2.45, 2.75) is 0 Å². The van der Waals surface area contributed by atoms with E-state index in [-0.39, 0.29) is 0 Å². The van der Waals surface area contributed by atoms with Gasteiger partial charge < -0.3 is 10.3 Å². The maximum atomic E-state index is 12.9. The van der Waals surface area contributed by atoms with E-state index in [1.807, 2.05) is 26.2 Å². The van der Waals surface area contributed by atoms with Crippen LogP contribution in [0.3, 0.4) is 0 Å². The summed E-state index contributed by atoms with van der Waals surface area (Å²) in [7, 11) is 3.67. The second-order valence-corrected chi connectivity index (χ2v) is 6.71. The van der Waals surface area contributed by atoms with Gasteiger partial charge in [0.1, 0.15) is 5.82 Å². The fraction of sp³-hybridized carbons (Fsp3) is 0.0833. The molecule has 0 fully saturated rings. The molecular formula is C24H21N5O2. The Kier molecular flexibility index (Phi) is 6.76. The molecule has 0 saturated heterocycles. The summed E-state index contributed by atoms with van der Waals surface area (Å²) in [5.74, 6) is 2.45. The third-order valence-corrected chi connectivity index (χ3v) is 4.29. The lowest BCUT2D eigenvalue weighted by molar-refractivity contribution is -0.106. The van der Waals surface area contributed by atoms with Gasteiger partial charge in [-0.15, -0.1) is 6.42 Å². The van der Waals surface area contributed by atoms with Gasteiger partial charge in [0.2, 0.25) is 6.41 Å². The van der Waals surface area contributed by atoms with Gasteiger partial charge in [-0.2, -0.15) is 5.10 Å². The topological polar surface area (TPSA) is 77.9 Å². The van der Waals surface area contributed by atoms with Gasteiger partial charge in [0.05, 0.1) is 17.5 Å². The van der Waals surface area contributed by atoms with E-state index in [0.717, 1.165) is 5.56 Å². The van der Waals surface area contributed by atoms with Gasteiger partial charge in [-0.05, 0) is 42.0 Å². The molecule has 2 amide bonds. The van der Waals surface area contributed by atoms with Crippen molar-refractivity contribution >= 4 is 35.7 Å². The smallest absolute Gasteiger partial charge is 0.258 e. The second-order valence-electron chi connectivity index (χ2n) is 6.71. The van der Waals surface area contributed by atoms with Crippen LogP contribution in [0.5, 0.6) is 0 Å². The number of hydrogen-bond donors (Lipinski definition) is 1. The Labute approximate surface area is 181 Å².